The van der Waals surface area contributed by atoms with Crippen molar-refractivity contribution < 1.29 is 9.53 Å². The van der Waals surface area contributed by atoms with E-state index < -0.39 is 0 Å². The molecule has 1 aromatic heterocycles. The molecule has 0 aromatic carbocycles. The van der Waals surface area contributed by atoms with Crippen LogP contribution in [0.15, 0.2) is 24.5 Å². The van der Waals surface area contributed by atoms with Crippen molar-refractivity contribution in [2.45, 2.75) is 13.0 Å². The number of hydrogen-bond donors (Lipinski definition) is 2. The molecule has 16 heavy (non-hydrogen) atoms. The van der Waals surface area contributed by atoms with Gasteiger partial charge in [-0.3, -0.25) is 9.78 Å². The zero-order chi connectivity index (χ0) is 11.8. The number of aromatic nitrogens is 1. The Labute approximate surface area is 95.0 Å². The van der Waals surface area contributed by atoms with E-state index in [1.165, 1.54) is 0 Å². The largest absolute Gasteiger partial charge is 0.370 e. The normalized spacial score (nSPS) is 12.1. The van der Waals surface area contributed by atoms with Crippen LogP contribution in [0.5, 0.6) is 0 Å². The second kappa shape index (κ2) is 6.92. The predicted octanol–water partition coefficient (Wildman–Crippen LogP) is 0.234. The van der Waals surface area contributed by atoms with Gasteiger partial charge in [0.25, 0.3) is 0 Å². The lowest BCUT2D eigenvalue weighted by molar-refractivity contribution is -0.126. The highest BCUT2D eigenvalue weighted by molar-refractivity contribution is 5.77. The molecule has 1 atom stereocenters. The summed E-state index contributed by atoms with van der Waals surface area (Å²) in [6, 6.07) is 3.69. The first-order chi connectivity index (χ1) is 7.74. The van der Waals surface area contributed by atoms with Crippen molar-refractivity contribution in [3.05, 3.63) is 30.1 Å². The van der Waals surface area contributed by atoms with Crippen molar-refractivity contribution in [3.8, 4) is 0 Å². The van der Waals surface area contributed by atoms with Crippen LogP contribution in [0.4, 0.5) is 0 Å². The van der Waals surface area contributed by atoms with Gasteiger partial charge in [0.05, 0.1) is 12.6 Å². The quantitative estimate of drug-likeness (QED) is 0.677. The van der Waals surface area contributed by atoms with E-state index >= 15 is 0 Å². The van der Waals surface area contributed by atoms with Crippen LogP contribution >= 0.6 is 0 Å². The third-order valence-corrected chi connectivity index (χ3v) is 2.08. The Kier molecular flexibility index (Phi) is 5.45. The molecule has 0 saturated carbocycles. The van der Waals surface area contributed by atoms with Crippen LogP contribution in [0.2, 0.25) is 0 Å². The molecule has 0 aliphatic heterocycles. The molecule has 3 N–H and O–H groups in total. The number of rotatable bonds is 6. The topological polar surface area (TPSA) is 77.2 Å². The maximum atomic E-state index is 11.4. The van der Waals surface area contributed by atoms with Crippen LogP contribution in [-0.4, -0.2) is 30.6 Å². The minimum atomic E-state index is -0.141. The monoisotopic (exact) mass is 223 g/mol. The van der Waals surface area contributed by atoms with Gasteiger partial charge in [-0.15, -0.1) is 0 Å². The summed E-state index contributed by atoms with van der Waals surface area (Å²) in [7, 11) is 0. The van der Waals surface area contributed by atoms with E-state index in [9.17, 15) is 4.79 Å². The number of ether oxygens (including phenoxy) is 1. The number of carbonyl (C=O) groups is 1. The van der Waals surface area contributed by atoms with Crippen LogP contribution in [0.1, 0.15) is 18.5 Å². The van der Waals surface area contributed by atoms with Gasteiger partial charge in [-0.1, -0.05) is 0 Å². The molecule has 0 radical (unpaired) electrons. The molecule has 1 rings (SSSR count). The van der Waals surface area contributed by atoms with Crippen LogP contribution < -0.4 is 11.1 Å². The zero-order valence-electron chi connectivity index (χ0n) is 9.35. The molecule has 0 aliphatic rings. The van der Waals surface area contributed by atoms with Gasteiger partial charge < -0.3 is 15.8 Å². The van der Waals surface area contributed by atoms with E-state index in [1.54, 1.807) is 12.4 Å². The van der Waals surface area contributed by atoms with E-state index in [1.807, 2.05) is 19.1 Å². The molecule has 1 aromatic rings. The molecule has 0 saturated heterocycles. The third-order valence-electron chi connectivity index (χ3n) is 2.08. The summed E-state index contributed by atoms with van der Waals surface area (Å²) < 4.78 is 5.03. The molecular formula is C11H17N3O2. The lowest BCUT2D eigenvalue weighted by Crippen LogP contribution is -2.30. The van der Waals surface area contributed by atoms with Gasteiger partial charge in [-0.25, -0.2) is 0 Å². The average molecular weight is 223 g/mol. The average Bonchev–Trinajstić information content (AvgIpc) is 2.30. The smallest absolute Gasteiger partial charge is 0.246 e. The van der Waals surface area contributed by atoms with E-state index in [0.717, 1.165) is 5.56 Å². The van der Waals surface area contributed by atoms with Gasteiger partial charge in [0.1, 0.15) is 6.61 Å². The number of carbonyl (C=O) groups excluding carboxylic acids is 1. The summed E-state index contributed by atoms with van der Waals surface area (Å²) in [5, 5.41) is 2.82. The summed E-state index contributed by atoms with van der Waals surface area (Å²) in [5.41, 5.74) is 6.26. The van der Waals surface area contributed by atoms with Gasteiger partial charge in [0.15, 0.2) is 0 Å². The Morgan fingerprint density at radius 2 is 2.25 bits per heavy atom. The third kappa shape index (κ3) is 4.37. The van der Waals surface area contributed by atoms with Crippen LogP contribution in [-0.2, 0) is 9.53 Å². The number of hydrogen-bond acceptors (Lipinski definition) is 4. The van der Waals surface area contributed by atoms with Crippen molar-refractivity contribution in [3.63, 3.8) is 0 Å². The van der Waals surface area contributed by atoms with Crippen LogP contribution in [0, 0.1) is 0 Å². The highest BCUT2D eigenvalue weighted by Gasteiger charge is 2.08. The van der Waals surface area contributed by atoms with Crippen LogP contribution in [0.25, 0.3) is 0 Å². The van der Waals surface area contributed by atoms with Gasteiger partial charge >= 0.3 is 0 Å². The van der Waals surface area contributed by atoms with Crippen LogP contribution in [0.3, 0.4) is 0 Å². The van der Waals surface area contributed by atoms with Gasteiger partial charge in [0, 0.05) is 18.9 Å². The fourth-order valence-electron chi connectivity index (χ4n) is 1.27. The lowest BCUT2D eigenvalue weighted by Gasteiger charge is -2.13. The molecule has 5 heteroatoms. The Balaban J connectivity index is 2.34. The Hall–Kier alpha value is -1.46. The molecule has 88 valence electrons. The summed E-state index contributed by atoms with van der Waals surface area (Å²) in [6.45, 7) is 2.78. The van der Waals surface area contributed by atoms with Crippen molar-refractivity contribution in [1.29, 1.82) is 0 Å². The van der Waals surface area contributed by atoms with Gasteiger partial charge in [-0.05, 0) is 24.6 Å². The highest BCUT2D eigenvalue weighted by atomic mass is 16.5. The molecule has 1 unspecified atom stereocenters. The first kappa shape index (κ1) is 12.6. The highest BCUT2D eigenvalue weighted by Crippen LogP contribution is 2.09. The molecule has 0 spiro atoms. The summed E-state index contributed by atoms with van der Waals surface area (Å²) in [5.74, 6) is -0.141. The van der Waals surface area contributed by atoms with E-state index in [2.05, 4.69) is 10.3 Å². The molecule has 1 amide bonds. The first-order valence-electron chi connectivity index (χ1n) is 5.21. The first-order valence-corrected chi connectivity index (χ1v) is 5.21. The van der Waals surface area contributed by atoms with Gasteiger partial charge in [0.2, 0.25) is 5.91 Å². The second-order valence-corrected chi connectivity index (χ2v) is 3.41. The molecule has 0 aliphatic carbocycles. The molecule has 0 bridgehead atoms. The van der Waals surface area contributed by atoms with Crippen molar-refractivity contribution in [1.82, 2.24) is 10.3 Å². The number of nitrogens with one attached hydrogen (secondary N) is 1. The minimum absolute atomic E-state index is 0.0445. The molecule has 1 heterocycles. The van der Waals surface area contributed by atoms with E-state index in [-0.39, 0.29) is 18.6 Å². The summed E-state index contributed by atoms with van der Waals surface area (Å²) in [6.07, 6.45) is 3.39. The van der Waals surface area contributed by atoms with E-state index in [4.69, 9.17) is 10.5 Å². The molecular weight excluding hydrogens is 206 g/mol. The summed E-state index contributed by atoms with van der Waals surface area (Å²) >= 11 is 0. The second-order valence-electron chi connectivity index (χ2n) is 3.41. The number of amides is 1. The Bertz CT molecular complexity index is 316. The molecule has 0 fully saturated rings. The van der Waals surface area contributed by atoms with Gasteiger partial charge in [-0.2, -0.15) is 0 Å². The molecule has 5 nitrogen and oxygen atoms in total. The van der Waals surface area contributed by atoms with Crippen molar-refractivity contribution >= 4 is 5.91 Å². The van der Waals surface area contributed by atoms with Crippen molar-refractivity contribution in [2.24, 2.45) is 5.73 Å². The lowest BCUT2D eigenvalue weighted by atomic mass is 10.1. The van der Waals surface area contributed by atoms with E-state index in [0.29, 0.717) is 13.2 Å². The SMILES string of the molecule is CC(NC(=O)COCCN)c1ccncc1. The maximum absolute atomic E-state index is 11.4. The maximum Gasteiger partial charge on any atom is 0.246 e. The Morgan fingerprint density at radius 1 is 1.56 bits per heavy atom. The zero-order valence-corrected chi connectivity index (χ0v) is 9.35. The standard InChI is InChI=1S/C11H17N3O2/c1-9(10-2-5-13-6-3-10)14-11(15)8-16-7-4-12/h2-3,5-6,9H,4,7-8,12H2,1H3,(H,14,15). The summed E-state index contributed by atoms with van der Waals surface area (Å²) in [4.78, 5) is 15.3. The number of nitrogens with zero attached hydrogens (tertiary/aromatic N) is 1. The fourth-order valence-corrected chi connectivity index (χ4v) is 1.27. The predicted molar refractivity (Wildman–Crippen MR) is 60.7 cm³/mol. The van der Waals surface area contributed by atoms with Crippen molar-refractivity contribution in [2.75, 3.05) is 19.8 Å². The number of pyridine rings is 1. The fraction of sp³-hybridized carbons (Fsp3) is 0.455. The Morgan fingerprint density at radius 3 is 2.88 bits per heavy atom. The minimum Gasteiger partial charge on any atom is -0.370 e. The number of nitrogens with two attached hydrogens (primary N) is 1.